The summed E-state index contributed by atoms with van der Waals surface area (Å²) in [5, 5.41) is 19.6. The lowest BCUT2D eigenvalue weighted by Crippen LogP contribution is -2.42. The number of terminal acetylenes is 1. The minimum Gasteiger partial charge on any atom is -0.481 e. The summed E-state index contributed by atoms with van der Waals surface area (Å²) in [5.74, 6) is -0.908. The molecule has 0 fully saturated rings. The quantitative estimate of drug-likeness (QED) is 0.142. The molecule has 0 bridgehead atoms. The molecule has 31 heavy (non-hydrogen) atoms. The molecule has 0 heterocycles. The van der Waals surface area contributed by atoms with Crippen molar-refractivity contribution in [1.29, 1.82) is 5.26 Å². The number of carbonyl (C=O) groups is 3. The summed E-state index contributed by atoms with van der Waals surface area (Å²) in [6.45, 7) is 0.212. The number of nitriles is 1. The summed E-state index contributed by atoms with van der Waals surface area (Å²) in [5.41, 5.74) is 0. The van der Waals surface area contributed by atoms with Crippen molar-refractivity contribution in [3.05, 3.63) is 0 Å². The fourth-order valence-corrected chi connectivity index (χ4v) is 3.24. The normalized spacial score (nSPS) is 10.6. The van der Waals surface area contributed by atoms with E-state index < -0.39 is 40.1 Å². The maximum Gasteiger partial charge on any atom is 0.303 e. The number of rotatable bonds is 18. The lowest BCUT2D eigenvalue weighted by molar-refractivity contribution is -0.138. The van der Waals surface area contributed by atoms with Gasteiger partial charge in [-0.3, -0.25) is 14.4 Å². The summed E-state index contributed by atoms with van der Waals surface area (Å²) < 4.78 is 40.5. The van der Waals surface area contributed by atoms with Crippen LogP contribution in [-0.2, 0) is 38.6 Å². The fraction of sp³-hybridized carbons (Fsp3) is 0.667. The van der Waals surface area contributed by atoms with Crippen molar-refractivity contribution in [1.82, 2.24) is 9.62 Å². The molecule has 2 N–H and O–H groups in total. The van der Waals surface area contributed by atoms with Gasteiger partial charge in [-0.1, -0.05) is 5.92 Å². The topological polar surface area (TPSA) is 172 Å². The lowest BCUT2D eigenvalue weighted by Gasteiger charge is -2.19. The molecule has 0 unspecified atom stereocenters. The van der Waals surface area contributed by atoms with Gasteiger partial charge in [-0.15, -0.1) is 6.42 Å². The summed E-state index contributed by atoms with van der Waals surface area (Å²) in [6.07, 6.45) is 4.07. The molecule has 0 saturated carbocycles. The minimum atomic E-state index is -4.15. The molecular weight excluding hydrogens is 434 g/mol. The second-order valence-corrected chi connectivity index (χ2v) is 7.86. The number of carbonyl (C=O) groups excluding carboxylic acids is 2. The largest absolute Gasteiger partial charge is 0.481 e. The number of carboxylic acid groups (broad SMARTS) is 1. The van der Waals surface area contributed by atoms with Crippen molar-refractivity contribution in [2.24, 2.45) is 0 Å². The van der Waals surface area contributed by atoms with Crippen molar-refractivity contribution in [2.45, 2.75) is 19.3 Å². The molecule has 12 nitrogen and oxygen atoms in total. The van der Waals surface area contributed by atoms with Crippen LogP contribution in [-0.4, -0.2) is 94.1 Å². The van der Waals surface area contributed by atoms with Crippen LogP contribution in [0.4, 0.5) is 0 Å². The molecule has 13 heteroatoms. The second-order valence-electron chi connectivity index (χ2n) is 5.85. The van der Waals surface area contributed by atoms with E-state index in [-0.39, 0.29) is 52.2 Å². The molecule has 0 atom stereocenters. The summed E-state index contributed by atoms with van der Waals surface area (Å²) >= 11 is 0. The Morgan fingerprint density at radius 2 is 1.61 bits per heavy atom. The van der Waals surface area contributed by atoms with Gasteiger partial charge in [0.1, 0.15) is 13.2 Å². The van der Waals surface area contributed by atoms with E-state index in [9.17, 15) is 22.8 Å². The maximum atomic E-state index is 12.3. The number of aliphatic carboxylic acids is 1. The van der Waals surface area contributed by atoms with E-state index in [2.05, 4.69) is 11.2 Å². The standard InChI is InChI=1S/C18H27N3O9S/c1-2-9-28-11-13-30-14-12-29-10-5-17(23)21(8-6-19)31(26,27)15-7-20-16(22)3-4-18(24)25/h1H,3-5,7-15H2,(H,20,22)(H,24,25). The van der Waals surface area contributed by atoms with Crippen molar-refractivity contribution in [3.8, 4) is 18.4 Å². The number of sulfonamides is 1. The molecule has 0 aromatic carbocycles. The van der Waals surface area contributed by atoms with Gasteiger partial charge in [0.05, 0.1) is 57.7 Å². The zero-order valence-electron chi connectivity index (χ0n) is 17.1. The molecule has 2 amide bonds. The highest BCUT2D eigenvalue weighted by Crippen LogP contribution is 2.05. The summed E-state index contributed by atoms with van der Waals surface area (Å²) in [7, 11) is -4.15. The van der Waals surface area contributed by atoms with Crippen LogP contribution < -0.4 is 5.32 Å². The highest BCUT2D eigenvalue weighted by molar-refractivity contribution is 7.89. The van der Waals surface area contributed by atoms with Gasteiger partial charge in [0.2, 0.25) is 21.8 Å². The van der Waals surface area contributed by atoms with Crippen molar-refractivity contribution >= 4 is 27.8 Å². The van der Waals surface area contributed by atoms with Crippen LogP contribution in [0.1, 0.15) is 19.3 Å². The van der Waals surface area contributed by atoms with Crippen LogP contribution in [0.25, 0.3) is 0 Å². The molecule has 0 radical (unpaired) electrons. The average Bonchev–Trinajstić information content (AvgIpc) is 2.71. The average molecular weight is 461 g/mol. The van der Waals surface area contributed by atoms with E-state index in [1.807, 2.05) is 0 Å². The number of amides is 2. The Labute approximate surface area is 181 Å². The first-order valence-electron chi connectivity index (χ1n) is 9.30. The highest BCUT2D eigenvalue weighted by Gasteiger charge is 2.26. The number of nitrogens with zero attached hydrogens (tertiary/aromatic N) is 2. The van der Waals surface area contributed by atoms with Gasteiger partial charge in [0.15, 0.2) is 0 Å². The van der Waals surface area contributed by atoms with Crippen LogP contribution in [0.2, 0.25) is 0 Å². The molecule has 0 aliphatic rings. The van der Waals surface area contributed by atoms with E-state index in [0.29, 0.717) is 17.5 Å². The number of carboxylic acids is 1. The number of hydrogen-bond acceptors (Lipinski definition) is 9. The van der Waals surface area contributed by atoms with E-state index in [1.54, 1.807) is 6.07 Å². The SMILES string of the molecule is C#CCOCCOCCOCCC(=O)N(CC#N)S(=O)(=O)CCNC(=O)CCC(=O)O. The van der Waals surface area contributed by atoms with Crippen LogP contribution >= 0.6 is 0 Å². The summed E-state index contributed by atoms with van der Waals surface area (Å²) in [4.78, 5) is 34.0. The third-order valence-electron chi connectivity index (χ3n) is 3.47. The minimum absolute atomic E-state index is 0.0703. The molecule has 174 valence electrons. The molecule has 0 aromatic rings. The Bertz CT molecular complexity index is 756. The van der Waals surface area contributed by atoms with E-state index in [1.165, 1.54) is 0 Å². The van der Waals surface area contributed by atoms with Gasteiger partial charge in [0, 0.05) is 13.0 Å². The Morgan fingerprint density at radius 1 is 1.00 bits per heavy atom. The third kappa shape index (κ3) is 14.8. The van der Waals surface area contributed by atoms with Crippen LogP contribution in [0.15, 0.2) is 0 Å². The van der Waals surface area contributed by atoms with E-state index in [4.69, 9.17) is 31.0 Å². The smallest absolute Gasteiger partial charge is 0.303 e. The van der Waals surface area contributed by atoms with Crippen LogP contribution in [0, 0.1) is 23.7 Å². The Morgan fingerprint density at radius 3 is 2.19 bits per heavy atom. The predicted molar refractivity (Wildman–Crippen MR) is 107 cm³/mol. The first-order valence-corrected chi connectivity index (χ1v) is 10.9. The first-order chi connectivity index (χ1) is 14.7. The zero-order valence-corrected chi connectivity index (χ0v) is 17.9. The number of nitrogens with one attached hydrogen (secondary N) is 1. The fourth-order valence-electron chi connectivity index (χ4n) is 2.00. The molecule has 0 aromatic heterocycles. The molecular formula is C18H27N3O9S. The Kier molecular flexibility index (Phi) is 15.5. The highest BCUT2D eigenvalue weighted by atomic mass is 32.2. The zero-order chi connectivity index (χ0) is 23.5. The Hall–Kier alpha value is -2.71. The molecule has 0 saturated heterocycles. The molecule has 0 spiro atoms. The maximum absolute atomic E-state index is 12.3. The van der Waals surface area contributed by atoms with E-state index in [0.717, 1.165) is 0 Å². The number of ether oxygens (including phenoxy) is 3. The van der Waals surface area contributed by atoms with Gasteiger partial charge >= 0.3 is 5.97 Å². The van der Waals surface area contributed by atoms with Crippen molar-refractivity contribution in [3.63, 3.8) is 0 Å². The second kappa shape index (κ2) is 17.0. The summed E-state index contributed by atoms with van der Waals surface area (Å²) in [6, 6.07) is 1.61. The monoisotopic (exact) mass is 461 g/mol. The molecule has 0 aliphatic carbocycles. The van der Waals surface area contributed by atoms with Gasteiger partial charge in [-0.2, -0.15) is 5.26 Å². The van der Waals surface area contributed by atoms with Gasteiger partial charge in [-0.25, -0.2) is 12.7 Å². The van der Waals surface area contributed by atoms with Crippen molar-refractivity contribution < 1.29 is 42.1 Å². The van der Waals surface area contributed by atoms with Gasteiger partial charge in [0.25, 0.3) is 0 Å². The van der Waals surface area contributed by atoms with Crippen LogP contribution in [0.3, 0.4) is 0 Å². The van der Waals surface area contributed by atoms with Crippen molar-refractivity contribution in [2.75, 3.05) is 58.5 Å². The lowest BCUT2D eigenvalue weighted by atomic mass is 10.3. The van der Waals surface area contributed by atoms with Crippen LogP contribution in [0.5, 0.6) is 0 Å². The Balaban J connectivity index is 4.25. The third-order valence-corrected chi connectivity index (χ3v) is 5.19. The first kappa shape index (κ1) is 28.3. The van der Waals surface area contributed by atoms with E-state index >= 15 is 0 Å². The predicted octanol–water partition coefficient (Wildman–Crippen LogP) is -1.28. The van der Waals surface area contributed by atoms with Gasteiger partial charge < -0.3 is 24.6 Å². The molecule has 0 aliphatic heterocycles. The molecule has 0 rings (SSSR count). The van der Waals surface area contributed by atoms with Gasteiger partial charge in [-0.05, 0) is 0 Å². The number of hydrogen-bond donors (Lipinski definition) is 2.